The fourth-order valence-electron chi connectivity index (χ4n) is 3.59. The van der Waals surface area contributed by atoms with Gasteiger partial charge in [0.1, 0.15) is 0 Å². The summed E-state index contributed by atoms with van der Waals surface area (Å²) in [5, 5.41) is 3.24. The van der Waals surface area contributed by atoms with Crippen LogP contribution in [0.4, 0.5) is 0 Å². The molecule has 0 saturated carbocycles. The van der Waals surface area contributed by atoms with Crippen molar-refractivity contribution in [3.05, 3.63) is 41.7 Å². The van der Waals surface area contributed by atoms with Gasteiger partial charge >= 0.3 is 0 Å². The smallest absolute Gasteiger partial charge is 0.224 e. The Morgan fingerprint density at radius 1 is 1.30 bits per heavy atom. The Labute approximate surface area is 139 Å². The Morgan fingerprint density at radius 3 is 3.04 bits per heavy atom. The van der Waals surface area contributed by atoms with Crippen LogP contribution in [0, 0.1) is 0 Å². The molecule has 0 radical (unpaired) electrons. The van der Waals surface area contributed by atoms with E-state index < -0.39 is 0 Å². The van der Waals surface area contributed by atoms with Crippen molar-refractivity contribution in [3.63, 3.8) is 0 Å². The van der Waals surface area contributed by atoms with Crippen LogP contribution < -0.4 is 5.32 Å². The summed E-state index contributed by atoms with van der Waals surface area (Å²) in [4.78, 5) is 19.1. The number of allylic oxidation sites excluding steroid dienone is 1. The third-order valence-corrected chi connectivity index (χ3v) is 4.76. The first-order chi connectivity index (χ1) is 11.3. The third kappa shape index (κ3) is 5.17. The number of nitrogens with one attached hydrogen (secondary N) is 1. The average molecular weight is 313 g/mol. The van der Waals surface area contributed by atoms with Crippen molar-refractivity contribution in [2.75, 3.05) is 13.1 Å². The van der Waals surface area contributed by atoms with E-state index in [2.05, 4.69) is 27.3 Å². The number of rotatable bonds is 5. The van der Waals surface area contributed by atoms with Crippen LogP contribution in [-0.2, 0) is 11.3 Å². The van der Waals surface area contributed by atoms with Crippen molar-refractivity contribution in [2.45, 2.75) is 57.5 Å². The Morgan fingerprint density at radius 2 is 2.26 bits per heavy atom. The Balaban J connectivity index is 1.46. The van der Waals surface area contributed by atoms with Crippen LogP contribution in [0.25, 0.3) is 0 Å². The third-order valence-electron chi connectivity index (χ3n) is 4.76. The van der Waals surface area contributed by atoms with E-state index in [-0.39, 0.29) is 11.9 Å². The quantitative estimate of drug-likeness (QED) is 0.850. The highest BCUT2D eigenvalue weighted by Crippen LogP contribution is 2.20. The van der Waals surface area contributed by atoms with Gasteiger partial charge in [0.05, 0.1) is 5.69 Å². The first-order valence-corrected chi connectivity index (χ1v) is 8.89. The van der Waals surface area contributed by atoms with Crippen molar-refractivity contribution >= 4 is 5.91 Å². The van der Waals surface area contributed by atoms with E-state index in [1.165, 1.54) is 18.4 Å². The van der Waals surface area contributed by atoms with E-state index in [4.69, 9.17) is 0 Å². The van der Waals surface area contributed by atoms with Crippen molar-refractivity contribution in [1.82, 2.24) is 15.2 Å². The molecule has 1 saturated heterocycles. The fourth-order valence-corrected chi connectivity index (χ4v) is 3.59. The molecule has 4 nitrogen and oxygen atoms in total. The Hall–Kier alpha value is -1.68. The standard InChI is InChI=1S/C19H27N3O/c23-19(13-16-7-2-1-3-8-16)21-18-10-6-12-22(15-18)14-17-9-4-5-11-20-17/h4-5,7,9,11,18H,1-3,6,8,10,12-15H2,(H,21,23)/t18-/m0/s1. The summed E-state index contributed by atoms with van der Waals surface area (Å²) in [5.41, 5.74) is 2.43. The number of likely N-dealkylation sites (tertiary alicyclic amines) is 1. The fraction of sp³-hybridized carbons (Fsp3) is 0.579. The maximum atomic E-state index is 12.3. The monoisotopic (exact) mass is 313 g/mol. The number of hydrogen-bond acceptors (Lipinski definition) is 3. The zero-order chi connectivity index (χ0) is 15.9. The minimum atomic E-state index is 0.197. The van der Waals surface area contributed by atoms with Crippen LogP contribution in [0.3, 0.4) is 0 Å². The molecule has 1 N–H and O–H groups in total. The molecule has 0 bridgehead atoms. The molecule has 1 aliphatic heterocycles. The summed E-state index contributed by atoms with van der Waals surface area (Å²) >= 11 is 0. The van der Waals surface area contributed by atoms with E-state index in [0.717, 1.165) is 51.0 Å². The van der Waals surface area contributed by atoms with Gasteiger partial charge in [0, 0.05) is 31.7 Å². The second kappa shape index (κ2) is 8.25. The van der Waals surface area contributed by atoms with E-state index in [1.54, 1.807) is 0 Å². The largest absolute Gasteiger partial charge is 0.352 e. The highest BCUT2D eigenvalue weighted by Gasteiger charge is 2.22. The van der Waals surface area contributed by atoms with Gasteiger partial charge in [-0.3, -0.25) is 14.7 Å². The summed E-state index contributed by atoms with van der Waals surface area (Å²) in [6, 6.07) is 6.33. The first-order valence-electron chi connectivity index (χ1n) is 8.89. The van der Waals surface area contributed by atoms with Gasteiger partial charge in [-0.15, -0.1) is 0 Å². The molecule has 1 aliphatic carbocycles. The molecule has 1 atom stereocenters. The van der Waals surface area contributed by atoms with E-state index in [1.807, 2.05) is 18.3 Å². The van der Waals surface area contributed by atoms with Gasteiger partial charge in [-0.05, 0) is 57.2 Å². The van der Waals surface area contributed by atoms with Crippen molar-refractivity contribution in [1.29, 1.82) is 0 Å². The zero-order valence-corrected chi connectivity index (χ0v) is 13.8. The van der Waals surface area contributed by atoms with Crippen LogP contribution in [0.2, 0.25) is 0 Å². The van der Waals surface area contributed by atoms with Gasteiger partial charge in [-0.25, -0.2) is 0 Å². The number of carbonyl (C=O) groups excluding carboxylic acids is 1. The van der Waals surface area contributed by atoms with E-state index in [9.17, 15) is 4.79 Å². The zero-order valence-electron chi connectivity index (χ0n) is 13.8. The average Bonchev–Trinajstić information content (AvgIpc) is 2.57. The lowest BCUT2D eigenvalue weighted by Crippen LogP contribution is -2.47. The maximum absolute atomic E-state index is 12.3. The summed E-state index contributed by atoms with van der Waals surface area (Å²) in [5.74, 6) is 0.197. The highest BCUT2D eigenvalue weighted by atomic mass is 16.1. The van der Waals surface area contributed by atoms with Crippen LogP contribution >= 0.6 is 0 Å². The SMILES string of the molecule is O=C(CC1=CCCCC1)N[C@H]1CCCN(Cc2ccccn2)C1. The first kappa shape index (κ1) is 16.2. The molecule has 2 aliphatic rings. The van der Waals surface area contributed by atoms with Crippen LogP contribution in [0.1, 0.15) is 50.6 Å². The molecular formula is C19H27N3O. The van der Waals surface area contributed by atoms with Gasteiger partial charge in [0.25, 0.3) is 0 Å². The minimum Gasteiger partial charge on any atom is -0.352 e. The molecule has 1 fully saturated rings. The molecule has 3 rings (SSSR count). The second-order valence-electron chi connectivity index (χ2n) is 6.75. The highest BCUT2D eigenvalue weighted by molar-refractivity contribution is 5.78. The number of amides is 1. The summed E-state index contributed by atoms with van der Waals surface area (Å²) in [6.45, 7) is 2.90. The van der Waals surface area contributed by atoms with Gasteiger partial charge in [0.2, 0.25) is 5.91 Å². The predicted molar refractivity (Wildman–Crippen MR) is 91.8 cm³/mol. The number of hydrogen-bond donors (Lipinski definition) is 1. The van der Waals surface area contributed by atoms with Gasteiger partial charge in [0.15, 0.2) is 0 Å². The molecule has 124 valence electrons. The number of nitrogens with zero attached hydrogens (tertiary/aromatic N) is 2. The number of piperidine rings is 1. The van der Waals surface area contributed by atoms with Crippen molar-refractivity contribution in [3.8, 4) is 0 Å². The van der Waals surface area contributed by atoms with Gasteiger partial charge < -0.3 is 5.32 Å². The molecule has 23 heavy (non-hydrogen) atoms. The molecule has 0 spiro atoms. The topological polar surface area (TPSA) is 45.2 Å². The van der Waals surface area contributed by atoms with E-state index >= 15 is 0 Å². The minimum absolute atomic E-state index is 0.197. The molecule has 1 amide bonds. The molecule has 0 aromatic carbocycles. The Bertz CT molecular complexity index is 541. The lowest BCUT2D eigenvalue weighted by Gasteiger charge is -2.33. The van der Waals surface area contributed by atoms with Crippen molar-refractivity contribution in [2.24, 2.45) is 0 Å². The normalized spacial score (nSPS) is 22.4. The van der Waals surface area contributed by atoms with E-state index in [0.29, 0.717) is 6.42 Å². The molecular weight excluding hydrogens is 286 g/mol. The number of carbonyl (C=O) groups is 1. The lowest BCUT2D eigenvalue weighted by molar-refractivity contribution is -0.121. The molecule has 1 aromatic heterocycles. The van der Waals surface area contributed by atoms with Crippen LogP contribution in [-0.4, -0.2) is 34.9 Å². The molecule has 0 unspecified atom stereocenters. The van der Waals surface area contributed by atoms with Crippen molar-refractivity contribution < 1.29 is 4.79 Å². The van der Waals surface area contributed by atoms with Crippen LogP contribution in [0.5, 0.6) is 0 Å². The predicted octanol–water partition coefficient (Wildman–Crippen LogP) is 3.05. The lowest BCUT2D eigenvalue weighted by atomic mass is 9.96. The molecule has 1 aromatic rings. The summed E-state index contributed by atoms with van der Waals surface area (Å²) in [6.07, 6.45) is 11.7. The second-order valence-corrected chi connectivity index (χ2v) is 6.75. The maximum Gasteiger partial charge on any atom is 0.224 e. The number of aromatic nitrogens is 1. The molecule has 4 heteroatoms. The summed E-state index contributed by atoms with van der Waals surface area (Å²) < 4.78 is 0. The van der Waals surface area contributed by atoms with Crippen LogP contribution in [0.15, 0.2) is 36.0 Å². The number of pyridine rings is 1. The van der Waals surface area contributed by atoms with Gasteiger partial charge in [-0.2, -0.15) is 0 Å². The molecule has 2 heterocycles. The summed E-state index contributed by atoms with van der Waals surface area (Å²) in [7, 11) is 0. The van der Waals surface area contributed by atoms with Gasteiger partial charge in [-0.1, -0.05) is 17.7 Å². The Kier molecular flexibility index (Phi) is 5.81.